The van der Waals surface area contributed by atoms with Gasteiger partial charge in [0.15, 0.2) is 0 Å². The van der Waals surface area contributed by atoms with E-state index in [9.17, 15) is 9.90 Å². The molecule has 2 N–H and O–H groups in total. The number of aromatic nitrogens is 2. The molecule has 0 aliphatic carbocycles. The summed E-state index contributed by atoms with van der Waals surface area (Å²) in [4.78, 5) is 19.9. The van der Waals surface area contributed by atoms with Crippen LogP contribution in [0.2, 0.25) is 0 Å². The summed E-state index contributed by atoms with van der Waals surface area (Å²) < 4.78 is 0. The smallest absolute Gasteiger partial charge is 0.353 e. The van der Waals surface area contributed by atoms with E-state index in [1.165, 1.54) is 11.8 Å². The van der Waals surface area contributed by atoms with Crippen LogP contribution in [0.3, 0.4) is 0 Å². The zero-order valence-corrected chi connectivity index (χ0v) is 10.6. The van der Waals surface area contributed by atoms with Crippen molar-refractivity contribution < 1.29 is 9.90 Å². The molecule has 0 fully saturated rings. The number of nitrogens with one attached hydrogen (secondary N) is 1. The molecule has 0 saturated carbocycles. The van der Waals surface area contributed by atoms with Crippen molar-refractivity contribution in [3.8, 4) is 0 Å². The summed E-state index contributed by atoms with van der Waals surface area (Å²) >= 11 is 1.44. The van der Waals surface area contributed by atoms with E-state index in [0.29, 0.717) is 0 Å². The number of fused-ring (bicyclic) bond motifs is 1. The van der Waals surface area contributed by atoms with Gasteiger partial charge in [0.05, 0.1) is 16.6 Å². The fourth-order valence-corrected chi connectivity index (χ4v) is 2.94. The largest absolute Gasteiger partial charge is 0.477 e. The summed E-state index contributed by atoms with van der Waals surface area (Å²) in [5, 5.41) is 10.2. The van der Waals surface area contributed by atoms with Crippen LogP contribution in [-0.4, -0.2) is 21.0 Å². The Bertz CT molecular complexity index is 738. The summed E-state index contributed by atoms with van der Waals surface area (Å²) in [5.74, 6) is -0.963. The molecular formula is C14H10N2O2S. The second-order valence-electron chi connectivity index (χ2n) is 3.97. The van der Waals surface area contributed by atoms with Crippen molar-refractivity contribution in [1.82, 2.24) is 9.97 Å². The van der Waals surface area contributed by atoms with E-state index in [1.807, 2.05) is 36.4 Å². The van der Waals surface area contributed by atoms with Gasteiger partial charge in [-0.1, -0.05) is 30.0 Å². The molecule has 0 amide bonds. The predicted octanol–water partition coefficient (Wildman–Crippen LogP) is 3.41. The first-order valence-corrected chi connectivity index (χ1v) is 6.49. The van der Waals surface area contributed by atoms with Crippen LogP contribution in [0.15, 0.2) is 58.6 Å². The van der Waals surface area contributed by atoms with Crippen molar-refractivity contribution in [2.75, 3.05) is 0 Å². The summed E-state index contributed by atoms with van der Waals surface area (Å²) in [7, 11) is 0. The van der Waals surface area contributed by atoms with Gasteiger partial charge in [-0.05, 0) is 18.2 Å². The van der Waals surface area contributed by atoms with Gasteiger partial charge < -0.3 is 10.1 Å². The molecule has 0 bridgehead atoms. The third-order valence-corrected chi connectivity index (χ3v) is 3.87. The lowest BCUT2D eigenvalue weighted by atomic mass is 10.3. The summed E-state index contributed by atoms with van der Waals surface area (Å²) in [6.45, 7) is 0. The summed E-state index contributed by atoms with van der Waals surface area (Å²) in [6, 6.07) is 11.5. The molecule has 0 unspecified atom stereocenters. The molecule has 0 spiro atoms. The molecule has 0 aliphatic heterocycles. The topological polar surface area (TPSA) is 66.0 Å². The second kappa shape index (κ2) is 4.78. The van der Waals surface area contributed by atoms with E-state index in [4.69, 9.17) is 0 Å². The Balaban J connectivity index is 2.15. The Morgan fingerprint density at radius 3 is 2.74 bits per heavy atom. The van der Waals surface area contributed by atoms with Crippen LogP contribution in [0, 0.1) is 0 Å². The Labute approximate surface area is 113 Å². The van der Waals surface area contributed by atoms with Crippen molar-refractivity contribution in [1.29, 1.82) is 0 Å². The predicted molar refractivity (Wildman–Crippen MR) is 73.6 cm³/mol. The van der Waals surface area contributed by atoms with Gasteiger partial charge in [-0.3, -0.25) is 4.98 Å². The normalized spacial score (nSPS) is 10.7. The van der Waals surface area contributed by atoms with Crippen LogP contribution in [0.4, 0.5) is 0 Å². The van der Waals surface area contributed by atoms with Gasteiger partial charge in [-0.25, -0.2) is 4.79 Å². The third-order valence-electron chi connectivity index (χ3n) is 2.73. The molecule has 3 rings (SSSR count). The van der Waals surface area contributed by atoms with Gasteiger partial charge in [0.2, 0.25) is 0 Å². The maximum atomic E-state index is 11.3. The van der Waals surface area contributed by atoms with Gasteiger partial charge >= 0.3 is 5.97 Å². The second-order valence-corrected chi connectivity index (χ2v) is 5.05. The SMILES string of the molecule is O=C(O)c1[nH]c2cnccc2c1Sc1ccccc1. The Kier molecular flexibility index (Phi) is 2.97. The molecule has 94 valence electrons. The van der Waals surface area contributed by atoms with Crippen molar-refractivity contribution >= 4 is 28.6 Å². The first-order valence-electron chi connectivity index (χ1n) is 5.67. The minimum atomic E-state index is -0.963. The van der Waals surface area contributed by atoms with E-state index >= 15 is 0 Å². The highest BCUT2D eigenvalue weighted by Crippen LogP contribution is 2.36. The minimum absolute atomic E-state index is 0.205. The Morgan fingerprint density at radius 2 is 2.00 bits per heavy atom. The van der Waals surface area contributed by atoms with Gasteiger partial charge in [-0.15, -0.1) is 0 Å². The average Bonchev–Trinajstić information content (AvgIpc) is 2.79. The highest BCUT2D eigenvalue weighted by Gasteiger charge is 2.17. The number of nitrogens with zero attached hydrogens (tertiary/aromatic N) is 1. The van der Waals surface area contributed by atoms with Crippen molar-refractivity contribution in [3.63, 3.8) is 0 Å². The minimum Gasteiger partial charge on any atom is -0.477 e. The van der Waals surface area contributed by atoms with Crippen molar-refractivity contribution in [2.45, 2.75) is 9.79 Å². The molecule has 19 heavy (non-hydrogen) atoms. The van der Waals surface area contributed by atoms with Gasteiger partial charge in [-0.2, -0.15) is 0 Å². The van der Waals surface area contributed by atoms with Crippen LogP contribution >= 0.6 is 11.8 Å². The number of hydrogen-bond donors (Lipinski definition) is 2. The number of aromatic carboxylic acids is 1. The van der Waals surface area contributed by atoms with E-state index in [-0.39, 0.29) is 5.69 Å². The monoisotopic (exact) mass is 270 g/mol. The van der Waals surface area contributed by atoms with Crippen molar-refractivity contribution in [2.24, 2.45) is 0 Å². The number of carbonyl (C=O) groups is 1. The van der Waals surface area contributed by atoms with E-state index in [0.717, 1.165) is 20.7 Å². The summed E-state index contributed by atoms with van der Waals surface area (Å²) in [5.41, 5.74) is 0.940. The lowest BCUT2D eigenvalue weighted by molar-refractivity contribution is 0.0688. The Morgan fingerprint density at radius 1 is 1.21 bits per heavy atom. The van der Waals surface area contributed by atoms with Gasteiger partial charge in [0, 0.05) is 16.5 Å². The molecule has 4 nitrogen and oxygen atoms in total. The number of aromatic amines is 1. The first-order chi connectivity index (χ1) is 9.25. The molecule has 3 aromatic rings. The highest BCUT2D eigenvalue weighted by molar-refractivity contribution is 7.99. The molecular weight excluding hydrogens is 260 g/mol. The number of pyridine rings is 1. The lowest BCUT2D eigenvalue weighted by Gasteiger charge is -2.01. The van der Waals surface area contributed by atoms with E-state index in [2.05, 4.69) is 9.97 Å². The quantitative estimate of drug-likeness (QED) is 0.765. The Hall–Kier alpha value is -2.27. The maximum Gasteiger partial charge on any atom is 0.353 e. The van der Waals surface area contributed by atoms with Gasteiger partial charge in [0.1, 0.15) is 5.69 Å². The van der Waals surface area contributed by atoms with Crippen LogP contribution < -0.4 is 0 Å². The van der Waals surface area contributed by atoms with E-state index < -0.39 is 5.97 Å². The van der Waals surface area contributed by atoms with Crippen LogP contribution in [0.5, 0.6) is 0 Å². The molecule has 0 radical (unpaired) electrons. The molecule has 1 aromatic carbocycles. The van der Waals surface area contributed by atoms with Crippen LogP contribution in [0.25, 0.3) is 10.9 Å². The van der Waals surface area contributed by atoms with Gasteiger partial charge in [0.25, 0.3) is 0 Å². The average molecular weight is 270 g/mol. The molecule has 5 heteroatoms. The molecule has 2 aromatic heterocycles. The number of benzene rings is 1. The highest BCUT2D eigenvalue weighted by atomic mass is 32.2. The number of hydrogen-bond acceptors (Lipinski definition) is 3. The van der Waals surface area contributed by atoms with Crippen LogP contribution in [-0.2, 0) is 0 Å². The van der Waals surface area contributed by atoms with E-state index in [1.54, 1.807) is 12.4 Å². The fourth-order valence-electron chi connectivity index (χ4n) is 1.88. The number of carboxylic acid groups (broad SMARTS) is 1. The molecule has 0 saturated heterocycles. The third kappa shape index (κ3) is 2.20. The standard InChI is InChI=1S/C14H10N2O2S/c17-14(18)12-13(19-9-4-2-1-3-5-9)10-6-7-15-8-11(10)16-12/h1-8,16H,(H,17,18). The molecule has 0 atom stereocenters. The zero-order valence-electron chi connectivity index (χ0n) is 9.83. The van der Waals surface area contributed by atoms with Crippen molar-refractivity contribution in [3.05, 3.63) is 54.5 Å². The zero-order chi connectivity index (χ0) is 13.2. The maximum absolute atomic E-state index is 11.3. The fraction of sp³-hybridized carbons (Fsp3) is 0. The first kappa shape index (κ1) is 11.8. The number of H-pyrrole nitrogens is 1. The lowest BCUT2D eigenvalue weighted by Crippen LogP contribution is -1.97. The van der Waals surface area contributed by atoms with Crippen LogP contribution in [0.1, 0.15) is 10.5 Å². The molecule has 0 aliphatic rings. The number of carboxylic acids is 1. The summed E-state index contributed by atoms with van der Waals surface area (Å²) in [6.07, 6.45) is 3.30. The molecule has 2 heterocycles. The number of rotatable bonds is 3.